The fourth-order valence-electron chi connectivity index (χ4n) is 9.83. The summed E-state index contributed by atoms with van der Waals surface area (Å²) in [5, 5.41) is 11.1. The Labute approximate surface area is 371 Å². The molecule has 65 heavy (non-hydrogen) atoms. The predicted molar refractivity (Wildman–Crippen MR) is 265 cm³/mol. The van der Waals surface area contributed by atoms with Crippen LogP contribution in [0.15, 0.2) is 215 Å². The minimum atomic E-state index is 0.531. The fourth-order valence-corrected chi connectivity index (χ4v) is 9.83. The molecule has 0 atom stereocenters. The summed E-state index contributed by atoms with van der Waals surface area (Å²) >= 11 is 0. The second kappa shape index (κ2) is 13.8. The molecule has 6 heteroatoms. The summed E-state index contributed by atoms with van der Waals surface area (Å²) < 4.78 is 15.3. The number of hydrogen-bond donors (Lipinski definition) is 0. The van der Waals surface area contributed by atoms with E-state index in [1.807, 2.05) is 48.5 Å². The van der Waals surface area contributed by atoms with Gasteiger partial charge in [0.25, 0.3) is 0 Å². The van der Waals surface area contributed by atoms with Crippen LogP contribution in [0.3, 0.4) is 0 Å². The number of benzene rings is 10. The Hall–Kier alpha value is -8.87. The van der Waals surface area contributed by atoms with Crippen LogP contribution in [-0.2, 0) is 0 Å². The summed E-state index contributed by atoms with van der Waals surface area (Å²) in [6.45, 7) is 0. The number of nitrogens with zero attached hydrogens (tertiary/aromatic N) is 4. The van der Waals surface area contributed by atoms with Gasteiger partial charge in [0.2, 0.25) is 0 Å². The average Bonchev–Trinajstić information content (AvgIpc) is 4.03. The van der Waals surface area contributed by atoms with E-state index in [9.17, 15) is 0 Å². The van der Waals surface area contributed by atoms with Crippen LogP contribution < -0.4 is 0 Å². The third-order valence-electron chi connectivity index (χ3n) is 13.0. The van der Waals surface area contributed by atoms with Gasteiger partial charge in [-0.25, -0.2) is 15.0 Å². The lowest BCUT2D eigenvalue weighted by molar-refractivity contribution is 0.668. The van der Waals surface area contributed by atoms with Crippen molar-refractivity contribution < 1.29 is 8.83 Å². The van der Waals surface area contributed by atoms with Crippen LogP contribution >= 0.6 is 0 Å². The lowest BCUT2D eigenvalue weighted by Gasteiger charge is -2.15. The first-order chi connectivity index (χ1) is 32.2. The van der Waals surface area contributed by atoms with Gasteiger partial charge in [0, 0.05) is 49.0 Å². The SMILES string of the molecule is c1ccc(-c2ccc(-c3nc(-c4ccc5oc6ccccc6c5c4)nc(-c4cc5oc6ccccc6c5cc4-n4c5cc6ccccc6cc5c5cc6ccccc6cc54)n3)cc2)cc1. The van der Waals surface area contributed by atoms with E-state index in [0.717, 1.165) is 99.2 Å². The zero-order valence-corrected chi connectivity index (χ0v) is 34.7. The van der Waals surface area contributed by atoms with Gasteiger partial charge in [0.15, 0.2) is 17.5 Å². The summed E-state index contributed by atoms with van der Waals surface area (Å²) in [5.41, 5.74) is 11.2. The van der Waals surface area contributed by atoms with Gasteiger partial charge in [-0.05, 0) is 99.4 Å². The van der Waals surface area contributed by atoms with E-state index in [2.05, 4.69) is 162 Å². The Kier molecular flexibility index (Phi) is 7.59. The molecule has 4 aromatic heterocycles. The Morgan fingerprint density at radius 2 is 0.754 bits per heavy atom. The standard InChI is InChI=1S/C59H34N4O2/c1-2-12-35(13-3-1)36-22-24-37(25-23-36)57-60-58(42-26-27-55-47(30-42)43-18-8-10-20-53(43)64-55)62-59(61-57)49-34-56-48(44-19-9-11-21-54(44)65-56)33-52(49)63-50-31-40-16-6-4-14-38(40)28-45(50)46-29-39-15-5-7-17-41(39)32-51(46)63/h1-34H. The first-order valence-electron chi connectivity index (χ1n) is 21.8. The van der Waals surface area contributed by atoms with E-state index in [4.69, 9.17) is 23.8 Å². The van der Waals surface area contributed by atoms with Crippen molar-refractivity contribution in [3.8, 4) is 51.0 Å². The lowest BCUT2D eigenvalue weighted by Crippen LogP contribution is -2.04. The Morgan fingerprint density at radius 1 is 0.292 bits per heavy atom. The van der Waals surface area contributed by atoms with Crippen molar-refractivity contribution in [2.45, 2.75) is 0 Å². The number of hydrogen-bond acceptors (Lipinski definition) is 5. The molecule has 0 unspecified atom stereocenters. The number of aromatic nitrogens is 4. The molecule has 0 amide bonds. The second-order valence-electron chi connectivity index (χ2n) is 16.8. The van der Waals surface area contributed by atoms with Crippen LogP contribution in [0.1, 0.15) is 0 Å². The molecule has 0 aliphatic heterocycles. The number of furan rings is 2. The quantitative estimate of drug-likeness (QED) is 0.173. The van der Waals surface area contributed by atoms with Crippen LogP contribution in [0.25, 0.3) is 138 Å². The molecule has 4 heterocycles. The molecule has 302 valence electrons. The molecular formula is C59H34N4O2. The zero-order valence-electron chi connectivity index (χ0n) is 34.7. The van der Waals surface area contributed by atoms with Crippen molar-refractivity contribution in [3.63, 3.8) is 0 Å². The third kappa shape index (κ3) is 5.64. The lowest BCUT2D eigenvalue weighted by atomic mass is 10.0. The normalized spacial score (nSPS) is 12.0. The average molecular weight is 831 g/mol. The van der Waals surface area contributed by atoms with Gasteiger partial charge in [-0.3, -0.25) is 0 Å². The minimum Gasteiger partial charge on any atom is -0.456 e. The molecule has 6 nitrogen and oxygen atoms in total. The van der Waals surface area contributed by atoms with E-state index < -0.39 is 0 Å². The molecule has 14 rings (SSSR count). The van der Waals surface area contributed by atoms with Gasteiger partial charge >= 0.3 is 0 Å². The van der Waals surface area contributed by atoms with Gasteiger partial charge in [-0.15, -0.1) is 0 Å². The van der Waals surface area contributed by atoms with Crippen LogP contribution in [0, 0.1) is 0 Å². The van der Waals surface area contributed by atoms with Gasteiger partial charge in [-0.1, -0.05) is 140 Å². The van der Waals surface area contributed by atoms with E-state index in [0.29, 0.717) is 17.5 Å². The monoisotopic (exact) mass is 830 g/mol. The summed E-state index contributed by atoms with van der Waals surface area (Å²) in [6, 6.07) is 72.3. The van der Waals surface area contributed by atoms with E-state index in [1.54, 1.807) is 0 Å². The van der Waals surface area contributed by atoms with Gasteiger partial charge < -0.3 is 13.4 Å². The molecular weight excluding hydrogens is 797 g/mol. The van der Waals surface area contributed by atoms with E-state index >= 15 is 0 Å². The van der Waals surface area contributed by atoms with Crippen LogP contribution in [0.5, 0.6) is 0 Å². The second-order valence-corrected chi connectivity index (χ2v) is 16.8. The van der Waals surface area contributed by atoms with Crippen molar-refractivity contribution in [2.75, 3.05) is 0 Å². The van der Waals surface area contributed by atoms with Crippen molar-refractivity contribution in [2.24, 2.45) is 0 Å². The van der Waals surface area contributed by atoms with Gasteiger partial charge in [0.1, 0.15) is 22.3 Å². The first kappa shape index (κ1) is 35.7. The molecule has 0 spiro atoms. The maximum Gasteiger partial charge on any atom is 0.166 e. The van der Waals surface area contributed by atoms with E-state index in [1.165, 1.54) is 21.5 Å². The smallest absolute Gasteiger partial charge is 0.166 e. The van der Waals surface area contributed by atoms with Gasteiger partial charge in [-0.2, -0.15) is 0 Å². The Bertz CT molecular complexity index is 4140. The maximum absolute atomic E-state index is 6.65. The summed E-state index contributed by atoms with van der Waals surface area (Å²) in [6.07, 6.45) is 0. The molecule has 14 aromatic rings. The summed E-state index contributed by atoms with van der Waals surface area (Å²) in [4.78, 5) is 16.1. The minimum absolute atomic E-state index is 0.531. The summed E-state index contributed by atoms with van der Waals surface area (Å²) in [7, 11) is 0. The highest BCUT2D eigenvalue weighted by molar-refractivity contribution is 6.18. The third-order valence-corrected chi connectivity index (χ3v) is 13.0. The van der Waals surface area contributed by atoms with Crippen LogP contribution in [0.2, 0.25) is 0 Å². The molecule has 0 aliphatic carbocycles. The highest BCUT2D eigenvalue weighted by Gasteiger charge is 2.23. The zero-order chi connectivity index (χ0) is 42.6. The maximum atomic E-state index is 6.65. The first-order valence-corrected chi connectivity index (χ1v) is 21.8. The summed E-state index contributed by atoms with van der Waals surface area (Å²) in [5.74, 6) is 1.65. The molecule has 0 saturated heterocycles. The molecule has 0 radical (unpaired) electrons. The van der Waals surface area contributed by atoms with Crippen molar-refractivity contribution in [1.29, 1.82) is 0 Å². The topological polar surface area (TPSA) is 69.9 Å². The number of para-hydroxylation sites is 2. The molecule has 10 aromatic carbocycles. The van der Waals surface area contributed by atoms with Crippen molar-refractivity contribution >= 4 is 87.2 Å². The molecule has 0 saturated carbocycles. The molecule has 0 N–H and O–H groups in total. The van der Waals surface area contributed by atoms with Crippen LogP contribution in [0.4, 0.5) is 0 Å². The highest BCUT2D eigenvalue weighted by atomic mass is 16.3. The highest BCUT2D eigenvalue weighted by Crippen LogP contribution is 2.43. The Morgan fingerprint density at radius 3 is 1.40 bits per heavy atom. The molecule has 0 aliphatic rings. The van der Waals surface area contributed by atoms with Crippen LogP contribution in [-0.4, -0.2) is 19.5 Å². The fraction of sp³-hybridized carbons (Fsp3) is 0. The predicted octanol–water partition coefficient (Wildman–Crippen LogP) is 15.7. The molecule has 0 bridgehead atoms. The van der Waals surface area contributed by atoms with Crippen molar-refractivity contribution in [3.05, 3.63) is 206 Å². The van der Waals surface area contributed by atoms with E-state index in [-0.39, 0.29) is 0 Å². The number of fused-ring (bicyclic) bond motifs is 11. The van der Waals surface area contributed by atoms with Crippen molar-refractivity contribution in [1.82, 2.24) is 19.5 Å². The van der Waals surface area contributed by atoms with Gasteiger partial charge in [0.05, 0.1) is 16.7 Å². The molecule has 0 fully saturated rings. The Balaban J connectivity index is 1.08. The largest absolute Gasteiger partial charge is 0.456 e. The number of rotatable bonds is 5.